The lowest BCUT2D eigenvalue weighted by Gasteiger charge is -2.17. The van der Waals surface area contributed by atoms with Gasteiger partial charge in [0.2, 0.25) is 0 Å². The molecule has 2 N–H and O–H groups in total. The fraction of sp³-hybridized carbons (Fsp3) is 0.500. The summed E-state index contributed by atoms with van der Waals surface area (Å²) < 4.78 is 0. The van der Waals surface area contributed by atoms with Crippen LogP contribution >= 0.6 is 0 Å². The molecule has 1 aliphatic heterocycles. The molecule has 1 heterocycles. The van der Waals surface area contributed by atoms with Crippen molar-refractivity contribution in [3.63, 3.8) is 0 Å². The molecule has 0 atom stereocenters. The van der Waals surface area contributed by atoms with Gasteiger partial charge in [-0.15, -0.1) is 0 Å². The Morgan fingerprint density at radius 3 is 2.35 bits per heavy atom. The van der Waals surface area contributed by atoms with Gasteiger partial charge in [0, 0.05) is 24.7 Å². The molecule has 2 fully saturated rings. The van der Waals surface area contributed by atoms with Crippen LogP contribution < -0.4 is 10.6 Å². The average Bonchev–Trinajstić information content (AvgIpc) is 3.07. The minimum Gasteiger partial charge on any atom is -0.387 e. The highest BCUT2D eigenvalue weighted by Crippen LogP contribution is 2.30. The summed E-state index contributed by atoms with van der Waals surface area (Å²) in [5, 5.41) is 0. The molecule has 0 aromatic heterocycles. The van der Waals surface area contributed by atoms with Crippen LogP contribution in [0, 0.1) is 5.92 Å². The fourth-order valence-electron chi connectivity index (χ4n) is 2.33. The number of nitrogens with two attached hydrogens (primary N) is 1. The van der Waals surface area contributed by atoms with Gasteiger partial charge in [-0.2, -0.15) is 0 Å². The van der Waals surface area contributed by atoms with Gasteiger partial charge in [-0.25, -0.2) is 4.99 Å². The van der Waals surface area contributed by atoms with Crippen molar-refractivity contribution < 1.29 is 0 Å². The summed E-state index contributed by atoms with van der Waals surface area (Å²) in [6.45, 7) is 2.37. The summed E-state index contributed by atoms with van der Waals surface area (Å²) in [6, 6.07) is 8.46. The van der Waals surface area contributed by atoms with E-state index in [1.807, 2.05) is 0 Å². The number of anilines is 1. The van der Waals surface area contributed by atoms with Crippen LogP contribution in [0.5, 0.6) is 0 Å². The van der Waals surface area contributed by atoms with Crippen LogP contribution in [-0.2, 0) is 0 Å². The van der Waals surface area contributed by atoms with Gasteiger partial charge in [0.15, 0.2) is 0 Å². The smallest absolute Gasteiger partial charge is 0.103 e. The second-order valence-electron chi connectivity index (χ2n) is 5.02. The van der Waals surface area contributed by atoms with E-state index in [-0.39, 0.29) is 0 Å². The quantitative estimate of drug-likeness (QED) is 0.639. The highest BCUT2D eigenvalue weighted by atomic mass is 15.1. The molecule has 0 bridgehead atoms. The van der Waals surface area contributed by atoms with Gasteiger partial charge in [0.25, 0.3) is 0 Å². The molecule has 0 spiro atoms. The summed E-state index contributed by atoms with van der Waals surface area (Å²) in [5.74, 6) is 1.35. The van der Waals surface area contributed by atoms with Crippen LogP contribution in [0.15, 0.2) is 29.3 Å². The summed E-state index contributed by atoms with van der Waals surface area (Å²) in [6.07, 6.45) is 5.05. The average molecular weight is 229 g/mol. The lowest BCUT2D eigenvalue weighted by molar-refractivity contribution is 0.949. The molecule has 1 saturated carbocycles. The SMILES string of the molecule is NC(=Nc1ccc(N2CCCC2)cc1)C1CC1. The van der Waals surface area contributed by atoms with Gasteiger partial charge >= 0.3 is 0 Å². The van der Waals surface area contributed by atoms with E-state index in [4.69, 9.17) is 5.73 Å². The number of benzene rings is 1. The third-order valence-corrected chi connectivity index (χ3v) is 3.57. The van der Waals surface area contributed by atoms with E-state index in [0.717, 1.165) is 11.5 Å². The van der Waals surface area contributed by atoms with Crippen LogP contribution in [0.25, 0.3) is 0 Å². The molecule has 17 heavy (non-hydrogen) atoms. The number of hydrogen-bond donors (Lipinski definition) is 1. The van der Waals surface area contributed by atoms with Gasteiger partial charge in [-0.05, 0) is 49.9 Å². The van der Waals surface area contributed by atoms with Crippen molar-refractivity contribution in [1.82, 2.24) is 0 Å². The Morgan fingerprint density at radius 1 is 1.12 bits per heavy atom. The first-order valence-electron chi connectivity index (χ1n) is 6.52. The van der Waals surface area contributed by atoms with Crippen molar-refractivity contribution in [3.05, 3.63) is 24.3 Å². The zero-order valence-corrected chi connectivity index (χ0v) is 10.1. The number of nitrogens with zero attached hydrogens (tertiary/aromatic N) is 2. The monoisotopic (exact) mass is 229 g/mol. The molecule has 2 aliphatic rings. The highest BCUT2D eigenvalue weighted by Gasteiger charge is 2.25. The Balaban J connectivity index is 1.72. The molecule has 1 aromatic carbocycles. The molecular weight excluding hydrogens is 210 g/mol. The number of amidine groups is 1. The third-order valence-electron chi connectivity index (χ3n) is 3.57. The van der Waals surface area contributed by atoms with Gasteiger partial charge in [-0.1, -0.05) is 0 Å². The van der Waals surface area contributed by atoms with Crippen LogP contribution in [0.2, 0.25) is 0 Å². The number of hydrogen-bond acceptors (Lipinski definition) is 2. The lowest BCUT2D eigenvalue weighted by Crippen LogP contribution is -2.17. The molecule has 90 valence electrons. The Morgan fingerprint density at radius 2 is 1.76 bits per heavy atom. The molecular formula is C14H19N3. The Hall–Kier alpha value is -1.51. The van der Waals surface area contributed by atoms with Crippen molar-refractivity contribution in [2.75, 3.05) is 18.0 Å². The van der Waals surface area contributed by atoms with Gasteiger partial charge in [0.1, 0.15) is 5.84 Å². The van der Waals surface area contributed by atoms with Crippen molar-refractivity contribution >= 4 is 17.2 Å². The first-order valence-corrected chi connectivity index (χ1v) is 6.52. The molecule has 1 aromatic rings. The van der Waals surface area contributed by atoms with Crippen molar-refractivity contribution in [2.24, 2.45) is 16.6 Å². The summed E-state index contributed by atoms with van der Waals surface area (Å²) in [7, 11) is 0. The summed E-state index contributed by atoms with van der Waals surface area (Å²) in [4.78, 5) is 6.89. The van der Waals surface area contributed by atoms with Gasteiger partial charge in [-0.3, -0.25) is 0 Å². The molecule has 1 saturated heterocycles. The Labute approximate surface area is 102 Å². The summed E-state index contributed by atoms with van der Waals surface area (Å²) >= 11 is 0. The maximum Gasteiger partial charge on any atom is 0.103 e. The molecule has 1 aliphatic carbocycles. The first-order chi connectivity index (χ1) is 8.33. The van der Waals surface area contributed by atoms with Gasteiger partial charge in [0.05, 0.1) is 5.69 Å². The minimum atomic E-state index is 0.549. The van der Waals surface area contributed by atoms with Crippen molar-refractivity contribution in [3.8, 4) is 0 Å². The Kier molecular flexibility index (Phi) is 2.75. The first kappa shape index (κ1) is 10.6. The maximum absolute atomic E-state index is 5.91. The second-order valence-corrected chi connectivity index (χ2v) is 5.02. The van der Waals surface area contributed by atoms with E-state index in [1.54, 1.807) is 0 Å². The predicted molar refractivity (Wildman–Crippen MR) is 71.9 cm³/mol. The van der Waals surface area contributed by atoms with Crippen molar-refractivity contribution in [1.29, 1.82) is 0 Å². The topological polar surface area (TPSA) is 41.6 Å². The molecule has 0 amide bonds. The van der Waals surface area contributed by atoms with E-state index < -0.39 is 0 Å². The standard InChI is InChI=1S/C14H19N3/c15-14(11-3-4-11)16-12-5-7-13(8-6-12)17-9-1-2-10-17/h5-8,11H,1-4,9-10H2,(H2,15,16). The number of rotatable bonds is 3. The van der Waals surface area contributed by atoms with E-state index in [1.165, 1.54) is 44.5 Å². The van der Waals surface area contributed by atoms with Gasteiger partial charge < -0.3 is 10.6 Å². The van der Waals surface area contributed by atoms with E-state index in [2.05, 4.69) is 34.2 Å². The van der Waals surface area contributed by atoms with Crippen LogP contribution in [0.3, 0.4) is 0 Å². The minimum absolute atomic E-state index is 0.549. The maximum atomic E-state index is 5.91. The third kappa shape index (κ3) is 2.43. The normalized spacial score (nSPS) is 20.9. The van der Waals surface area contributed by atoms with Crippen LogP contribution in [0.1, 0.15) is 25.7 Å². The van der Waals surface area contributed by atoms with Crippen molar-refractivity contribution in [2.45, 2.75) is 25.7 Å². The highest BCUT2D eigenvalue weighted by molar-refractivity contribution is 5.87. The van der Waals surface area contributed by atoms with E-state index in [9.17, 15) is 0 Å². The zero-order chi connectivity index (χ0) is 11.7. The molecule has 3 rings (SSSR count). The Bertz CT molecular complexity index is 412. The number of aliphatic imine (C=N–C) groups is 1. The zero-order valence-electron chi connectivity index (χ0n) is 10.1. The lowest BCUT2D eigenvalue weighted by atomic mass is 10.2. The summed E-state index contributed by atoms with van der Waals surface area (Å²) in [5.41, 5.74) is 8.21. The van der Waals surface area contributed by atoms with E-state index >= 15 is 0 Å². The molecule has 3 nitrogen and oxygen atoms in total. The largest absolute Gasteiger partial charge is 0.387 e. The second kappa shape index (κ2) is 4.40. The van der Waals surface area contributed by atoms with Crippen LogP contribution in [-0.4, -0.2) is 18.9 Å². The molecule has 0 unspecified atom stereocenters. The van der Waals surface area contributed by atoms with E-state index in [0.29, 0.717) is 5.92 Å². The fourth-order valence-corrected chi connectivity index (χ4v) is 2.33. The molecule has 3 heteroatoms. The van der Waals surface area contributed by atoms with Crippen LogP contribution in [0.4, 0.5) is 11.4 Å². The molecule has 0 radical (unpaired) electrons. The predicted octanol–water partition coefficient (Wildman–Crippen LogP) is 2.69.